The van der Waals surface area contributed by atoms with Gasteiger partial charge in [0.25, 0.3) is 0 Å². The third-order valence-corrected chi connectivity index (χ3v) is 3.27. The number of hydrogen-bond acceptors (Lipinski definition) is 5. The van der Waals surface area contributed by atoms with Gasteiger partial charge in [0.1, 0.15) is 17.9 Å². The average Bonchev–Trinajstić information content (AvgIpc) is 2.41. The number of nitrogens with zero attached hydrogens (tertiary/aromatic N) is 2. The molecule has 1 aliphatic heterocycles. The lowest BCUT2D eigenvalue weighted by molar-refractivity contribution is -0.114. The summed E-state index contributed by atoms with van der Waals surface area (Å²) in [6, 6.07) is -0.117. The molecule has 2 atom stereocenters. The van der Waals surface area contributed by atoms with Crippen molar-refractivity contribution in [2.24, 2.45) is 4.99 Å². The van der Waals surface area contributed by atoms with E-state index in [0.717, 1.165) is 5.70 Å². The molecule has 0 aromatic heterocycles. The molecule has 1 heterocycles. The van der Waals surface area contributed by atoms with E-state index in [2.05, 4.69) is 4.99 Å². The number of aliphatic hydroxyl groups is 1. The summed E-state index contributed by atoms with van der Waals surface area (Å²) in [6.07, 6.45) is 8.48. The minimum atomic E-state index is -0.449. The summed E-state index contributed by atoms with van der Waals surface area (Å²) < 4.78 is 5.73. The van der Waals surface area contributed by atoms with Crippen molar-refractivity contribution in [3.05, 3.63) is 47.6 Å². The standard InChI is InChI=1S/C14H14N2O3/c1-16(2)8-3-4-9-12(7-8)19-14-10(15-9)5-6-11(17)13(14)18/h3-7,9,12,18H,1-2H3. The summed E-state index contributed by atoms with van der Waals surface area (Å²) in [5.74, 6) is -0.636. The Bertz CT molecular complexity index is 594. The summed E-state index contributed by atoms with van der Waals surface area (Å²) in [5, 5.41) is 9.76. The molecule has 2 aliphatic carbocycles. The third kappa shape index (κ3) is 1.87. The van der Waals surface area contributed by atoms with Crippen LogP contribution in [0.2, 0.25) is 0 Å². The van der Waals surface area contributed by atoms with Crippen molar-refractivity contribution in [2.45, 2.75) is 12.1 Å². The lowest BCUT2D eigenvalue weighted by Crippen LogP contribution is -2.36. The van der Waals surface area contributed by atoms with Crippen LogP contribution >= 0.6 is 0 Å². The van der Waals surface area contributed by atoms with Gasteiger partial charge in [0.15, 0.2) is 5.76 Å². The quantitative estimate of drug-likeness (QED) is 0.716. The number of aliphatic hydroxyl groups excluding tert-OH is 1. The summed E-state index contributed by atoms with van der Waals surface area (Å²) in [6.45, 7) is 0. The Labute approximate surface area is 110 Å². The number of hydrogen-bond donors (Lipinski definition) is 1. The second-order valence-electron chi connectivity index (χ2n) is 4.81. The summed E-state index contributed by atoms with van der Waals surface area (Å²) in [7, 11) is 3.88. The zero-order valence-corrected chi connectivity index (χ0v) is 10.7. The highest BCUT2D eigenvalue weighted by atomic mass is 16.5. The lowest BCUT2D eigenvalue weighted by Gasteiger charge is -2.32. The Balaban J connectivity index is 2.00. The summed E-state index contributed by atoms with van der Waals surface area (Å²) >= 11 is 0. The van der Waals surface area contributed by atoms with Crippen LogP contribution in [0, 0.1) is 0 Å². The number of rotatable bonds is 1. The molecule has 0 bridgehead atoms. The van der Waals surface area contributed by atoms with Crippen LogP contribution in [0.25, 0.3) is 0 Å². The van der Waals surface area contributed by atoms with Gasteiger partial charge in [-0.05, 0) is 24.3 Å². The molecule has 5 heteroatoms. The predicted octanol–water partition coefficient (Wildman–Crippen LogP) is 1.12. The predicted molar refractivity (Wildman–Crippen MR) is 70.8 cm³/mol. The van der Waals surface area contributed by atoms with E-state index in [1.54, 1.807) is 6.08 Å². The zero-order chi connectivity index (χ0) is 13.6. The molecule has 0 fully saturated rings. The molecule has 0 spiro atoms. The van der Waals surface area contributed by atoms with E-state index in [1.165, 1.54) is 6.08 Å². The van der Waals surface area contributed by atoms with Gasteiger partial charge in [0, 0.05) is 19.8 Å². The van der Waals surface area contributed by atoms with Crippen molar-refractivity contribution < 1.29 is 14.6 Å². The third-order valence-electron chi connectivity index (χ3n) is 3.27. The van der Waals surface area contributed by atoms with Gasteiger partial charge in [-0.25, -0.2) is 0 Å². The van der Waals surface area contributed by atoms with E-state index >= 15 is 0 Å². The van der Waals surface area contributed by atoms with E-state index in [9.17, 15) is 9.90 Å². The Kier molecular flexibility index (Phi) is 2.55. The smallest absolute Gasteiger partial charge is 0.224 e. The molecular formula is C14H14N2O3. The monoisotopic (exact) mass is 258 g/mol. The number of allylic oxidation sites excluding steroid dienone is 3. The maximum Gasteiger partial charge on any atom is 0.224 e. The van der Waals surface area contributed by atoms with Crippen LogP contribution in [0.1, 0.15) is 0 Å². The SMILES string of the molecule is CN(C)C1=CC2OC3=C(O)C(=O)C=CC3=NC2C=C1. The minimum Gasteiger partial charge on any atom is -0.502 e. The van der Waals surface area contributed by atoms with Crippen LogP contribution in [0.4, 0.5) is 0 Å². The van der Waals surface area contributed by atoms with Crippen molar-refractivity contribution >= 4 is 11.5 Å². The van der Waals surface area contributed by atoms with Crippen LogP contribution < -0.4 is 0 Å². The van der Waals surface area contributed by atoms with Crippen LogP contribution in [-0.2, 0) is 9.53 Å². The molecule has 0 radical (unpaired) electrons. The molecule has 3 rings (SSSR count). The number of aliphatic imine (C=N–C) groups is 1. The number of likely N-dealkylation sites (N-methyl/N-ethyl adjacent to an activating group) is 1. The molecule has 19 heavy (non-hydrogen) atoms. The van der Waals surface area contributed by atoms with Gasteiger partial charge in [-0.2, -0.15) is 0 Å². The Morgan fingerprint density at radius 2 is 2.11 bits per heavy atom. The van der Waals surface area contributed by atoms with Gasteiger partial charge in [-0.3, -0.25) is 9.79 Å². The molecule has 0 saturated carbocycles. The van der Waals surface area contributed by atoms with E-state index in [-0.39, 0.29) is 23.7 Å². The minimum absolute atomic E-state index is 0.117. The topological polar surface area (TPSA) is 62.1 Å². The fourth-order valence-corrected chi connectivity index (χ4v) is 2.20. The molecule has 2 unspecified atom stereocenters. The highest BCUT2D eigenvalue weighted by Crippen LogP contribution is 2.28. The molecular weight excluding hydrogens is 244 g/mol. The fourth-order valence-electron chi connectivity index (χ4n) is 2.20. The van der Waals surface area contributed by atoms with E-state index < -0.39 is 5.78 Å². The molecule has 5 nitrogen and oxygen atoms in total. The Morgan fingerprint density at radius 1 is 1.32 bits per heavy atom. The van der Waals surface area contributed by atoms with Crippen molar-refractivity contribution in [2.75, 3.05) is 14.1 Å². The number of carbonyl (C=O) groups excluding carboxylic acids is 1. The van der Waals surface area contributed by atoms with Crippen molar-refractivity contribution in [1.82, 2.24) is 4.90 Å². The van der Waals surface area contributed by atoms with E-state index in [1.807, 2.05) is 37.2 Å². The number of carbonyl (C=O) groups is 1. The second kappa shape index (κ2) is 4.12. The van der Waals surface area contributed by atoms with Gasteiger partial charge in [-0.15, -0.1) is 0 Å². The first kappa shape index (κ1) is 11.8. The molecule has 0 aromatic rings. The first-order valence-electron chi connectivity index (χ1n) is 6.04. The van der Waals surface area contributed by atoms with Crippen molar-refractivity contribution in [1.29, 1.82) is 0 Å². The number of fused-ring (bicyclic) bond motifs is 2. The zero-order valence-electron chi connectivity index (χ0n) is 10.7. The van der Waals surface area contributed by atoms with Crippen LogP contribution in [-0.4, -0.2) is 47.7 Å². The largest absolute Gasteiger partial charge is 0.502 e. The van der Waals surface area contributed by atoms with Crippen molar-refractivity contribution in [3.8, 4) is 0 Å². The van der Waals surface area contributed by atoms with Crippen LogP contribution in [0.5, 0.6) is 0 Å². The molecule has 0 amide bonds. The van der Waals surface area contributed by atoms with Gasteiger partial charge in [-0.1, -0.05) is 6.08 Å². The highest BCUT2D eigenvalue weighted by molar-refractivity contribution is 6.20. The van der Waals surface area contributed by atoms with Crippen LogP contribution in [0.3, 0.4) is 0 Å². The van der Waals surface area contributed by atoms with Gasteiger partial charge < -0.3 is 14.7 Å². The molecule has 0 aromatic carbocycles. The molecule has 98 valence electrons. The van der Waals surface area contributed by atoms with E-state index in [4.69, 9.17) is 4.74 Å². The number of ether oxygens (including phenoxy) is 1. The maximum atomic E-state index is 11.4. The van der Waals surface area contributed by atoms with Gasteiger partial charge >= 0.3 is 0 Å². The van der Waals surface area contributed by atoms with Gasteiger partial charge in [0.2, 0.25) is 11.5 Å². The fraction of sp³-hybridized carbons (Fsp3) is 0.286. The summed E-state index contributed by atoms with van der Waals surface area (Å²) in [5.41, 5.74) is 1.53. The highest BCUT2D eigenvalue weighted by Gasteiger charge is 2.33. The average molecular weight is 258 g/mol. The first-order chi connectivity index (χ1) is 9.06. The second-order valence-corrected chi connectivity index (χ2v) is 4.81. The normalized spacial score (nSPS) is 28.2. The molecule has 3 aliphatic rings. The maximum absolute atomic E-state index is 11.4. The first-order valence-corrected chi connectivity index (χ1v) is 6.04. The lowest BCUT2D eigenvalue weighted by atomic mass is 9.99. The molecule has 0 saturated heterocycles. The Hall–Kier alpha value is -2.30. The van der Waals surface area contributed by atoms with Gasteiger partial charge in [0.05, 0.1) is 0 Å². The summed E-state index contributed by atoms with van der Waals surface area (Å²) in [4.78, 5) is 17.9. The van der Waals surface area contributed by atoms with E-state index in [0.29, 0.717) is 5.71 Å². The van der Waals surface area contributed by atoms with Crippen LogP contribution in [0.15, 0.2) is 52.6 Å². The van der Waals surface area contributed by atoms with Crippen molar-refractivity contribution in [3.63, 3.8) is 0 Å². The molecule has 1 N–H and O–H groups in total. The number of ketones is 1. The Morgan fingerprint density at radius 3 is 2.84 bits per heavy atom.